The third kappa shape index (κ3) is 8.23. The van der Waals surface area contributed by atoms with Crippen LogP contribution in [-0.4, -0.2) is 54.5 Å². The molecule has 8 heteroatoms. The van der Waals surface area contributed by atoms with Gasteiger partial charge in [0.1, 0.15) is 0 Å². The van der Waals surface area contributed by atoms with Crippen molar-refractivity contribution < 1.29 is 4.79 Å². The van der Waals surface area contributed by atoms with E-state index in [0.717, 1.165) is 64.0 Å². The van der Waals surface area contributed by atoms with Crippen molar-refractivity contribution in [1.82, 2.24) is 15.1 Å². The Hall–Kier alpha value is -0.560. The number of carbonyl (C=O) groups is 1. The van der Waals surface area contributed by atoms with E-state index >= 15 is 0 Å². The zero-order valence-electron chi connectivity index (χ0n) is 17.6. The van der Waals surface area contributed by atoms with Gasteiger partial charge in [-0.3, -0.25) is 9.69 Å². The van der Waals surface area contributed by atoms with Gasteiger partial charge >= 0.3 is 0 Å². The molecule has 2 aliphatic rings. The molecule has 1 amide bonds. The van der Waals surface area contributed by atoms with Crippen LogP contribution < -0.4 is 11.1 Å². The van der Waals surface area contributed by atoms with Gasteiger partial charge in [-0.15, -0.1) is 37.2 Å². The van der Waals surface area contributed by atoms with Gasteiger partial charge in [-0.05, 0) is 37.9 Å². The van der Waals surface area contributed by atoms with Crippen LogP contribution in [0.2, 0.25) is 0 Å². The molecule has 2 atom stereocenters. The third-order valence-corrected chi connectivity index (χ3v) is 6.06. The average Bonchev–Trinajstić information content (AvgIpc) is 2.62. The lowest BCUT2D eigenvalue weighted by atomic mass is 9.74. The van der Waals surface area contributed by atoms with E-state index < -0.39 is 0 Å². The molecule has 1 saturated heterocycles. The average molecular weight is 468 g/mol. The largest absolute Gasteiger partial charge is 0.352 e. The van der Waals surface area contributed by atoms with E-state index in [-0.39, 0.29) is 54.6 Å². The number of halogens is 3. The molecule has 2 unspecified atom stereocenters. The highest BCUT2D eigenvalue weighted by molar-refractivity contribution is 5.86. The van der Waals surface area contributed by atoms with Gasteiger partial charge in [0.05, 0.1) is 5.92 Å². The van der Waals surface area contributed by atoms with E-state index in [2.05, 4.69) is 46.4 Å². The number of amides is 1. The number of hydrogen-bond donors (Lipinski definition) is 2. The fourth-order valence-corrected chi connectivity index (χ4v) is 4.13. The Bertz CT molecular complexity index is 604. The summed E-state index contributed by atoms with van der Waals surface area (Å²) in [5, 5.41) is 3.10. The molecule has 2 fully saturated rings. The maximum absolute atomic E-state index is 12.5. The topological polar surface area (TPSA) is 61.6 Å². The number of nitrogens with one attached hydrogen (secondary N) is 1. The number of likely N-dealkylation sites (N-methyl/N-ethyl adjacent to an activating group) is 1. The molecule has 0 radical (unpaired) electrons. The molecule has 0 spiro atoms. The third-order valence-electron chi connectivity index (χ3n) is 6.06. The summed E-state index contributed by atoms with van der Waals surface area (Å²) in [6, 6.07) is 8.64. The second-order valence-electron chi connectivity index (χ2n) is 8.42. The Morgan fingerprint density at radius 2 is 1.66 bits per heavy atom. The minimum absolute atomic E-state index is 0. The molecule has 0 aromatic heterocycles. The van der Waals surface area contributed by atoms with Gasteiger partial charge < -0.3 is 16.0 Å². The zero-order valence-corrected chi connectivity index (χ0v) is 20.0. The Balaban J connectivity index is 0.00000261. The maximum Gasteiger partial charge on any atom is 0.225 e. The van der Waals surface area contributed by atoms with Crippen molar-refractivity contribution in [3.63, 3.8) is 0 Å². The summed E-state index contributed by atoms with van der Waals surface area (Å²) in [5.74, 6) is 0.0453. The molecule has 1 heterocycles. The van der Waals surface area contributed by atoms with E-state index in [1.165, 1.54) is 5.56 Å². The van der Waals surface area contributed by atoms with E-state index in [1.54, 1.807) is 0 Å². The fraction of sp³-hybridized carbons (Fsp3) is 0.667. The van der Waals surface area contributed by atoms with Gasteiger partial charge in [0.25, 0.3) is 0 Å². The maximum atomic E-state index is 12.5. The van der Waals surface area contributed by atoms with Crippen molar-refractivity contribution in [1.29, 1.82) is 0 Å². The first-order chi connectivity index (χ1) is 12.4. The summed E-state index contributed by atoms with van der Waals surface area (Å²) in [7, 11) is 2.18. The highest BCUT2D eigenvalue weighted by atomic mass is 35.5. The highest BCUT2D eigenvalue weighted by Crippen LogP contribution is 2.31. The number of rotatable bonds is 5. The van der Waals surface area contributed by atoms with Crippen LogP contribution in [0.3, 0.4) is 0 Å². The number of piperazine rings is 1. The Kier molecular flexibility index (Phi) is 12.7. The SMILES string of the molecule is CN1CCN(Cc2ccc(CNC(=O)C3CCCCC3(C)N)cc2)CC1.Cl.Cl.Cl. The second-order valence-corrected chi connectivity index (χ2v) is 8.42. The van der Waals surface area contributed by atoms with Gasteiger partial charge in [0, 0.05) is 44.8 Å². The number of nitrogens with zero attached hydrogens (tertiary/aromatic N) is 2. The minimum Gasteiger partial charge on any atom is -0.352 e. The first kappa shape index (κ1) is 28.4. The highest BCUT2D eigenvalue weighted by Gasteiger charge is 2.37. The lowest BCUT2D eigenvalue weighted by Crippen LogP contribution is -2.52. The summed E-state index contributed by atoms with van der Waals surface area (Å²) < 4.78 is 0. The number of benzene rings is 1. The first-order valence-electron chi connectivity index (χ1n) is 9.99. The minimum atomic E-state index is -0.366. The summed E-state index contributed by atoms with van der Waals surface area (Å²) in [6.07, 6.45) is 4.08. The number of nitrogens with two attached hydrogens (primary N) is 1. The Morgan fingerprint density at radius 3 is 2.24 bits per heavy atom. The predicted octanol–water partition coefficient (Wildman–Crippen LogP) is 3.22. The van der Waals surface area contributed by atoms with E-state index in [9.17, 15) is 4.79 Å². The van der Waals surface area contributed by atoms with Crippen LogP contribution in [0.25, 0.3) is 0 Å². The van der Waals surface area contributed by atoms with Crippen molar-refractivity contribution in [2.24, 2.45) is 11.7 Å². The van der Waals surface area contributed by atoms with E-state index in [0.29, 0.717) is 6.54 Å². The van der Waals surface area contributed by atoms with Crippen molar-refractivity contribution in [3.8, 4) is 0 Å². The van der Waals surface area contributed by atoms with Gasteiger partial charge in [0.15, 0.2) is 0 Å². The summed E-state index contributed by atoms with van der Waals surface area (Å²) in [5.41, 5.74) is 8.46. The lowest BCUT2D eigenvalue weighted by Gasteiger charge is -2.37. The fourth-order valence-electron chi connectivity index (χ4n) is 4.13. The van der Waals surface area contributed by atoms with Crippen LogP contribution in [0.15, 0.2) is 24.3 Å². The monoisotopic (exact) mass is 466 g/mol. The molecule has 5 nitrogen and oxygen atoms in total. The van der Waals surface area contributed by atoms with Crippen LogP contribution >= 0.6 is 37.2 Å². The van der Waals surface area contributed by atoms with Crippen LogP contribution in [0.1, 0.15) is 43.7 Å². The van der Waals surface area contributed by atoms with E-state index in [1.807, 2.05) is 6.92 Å². The Labute approximate surface area is 194 Å². The molecule has 3 N–H and O–H groups in total. The van der Waals surface area contributed by atoms with Gasteiger partial charge in [-0.2, -0.15) is 0 Å². The standard InChI is InChI=1S/C21H34N4O.3ClH/c1-21(22)10-4-3-5-19(21)20(26)23-15-17-6-8-18(9-7-17)16-25-13-11-24(2)12-14-25;;;/h6-9,19H,3-5,10-16,22H2,1-2H3,(H,23,26);3*1H. The van der Waals surface area contributed by atoms with Gasteiger partial charge in [-0.1, -0.05) is 37.1 Å². The summed E-state index contributed by atoms with van der Waals surface area (Å²) >= 11 is 0. The van der Waals surface area contributed by atoms with Crippen LogP contribution in [-0.2, 0) is 17.9 Å². The molecule has 1 aromatic carbocycles. The second kappa shape index (κ2) is 13.0. The molecular formula is C21H37Cl3N4O. The molecule has 29 heavy (non-hydrogen) atoms. The molecule has 168 valence electrons. The molecule has 3 rings (SSSR count). The predicted molar refractivity (Wildman–Crippen MR) is 127 cm³/mol. The van der Waals surface area contributed by atoms with Crippen molar-refractivity contribution in [2.45, 2.75) is 51.2 Å². The molecule has 1 aliphatic carbocycles. The zero-order chi connectivity index (χ0) is 18.6. The lowest BCUT2D eigenvalue weighted by molar-refractivity contribution is -0.128. The van der Waals surface area contributed by atoms with Crippen LogP contribution in [0.5, 0.6) is 0 Å². The summed E-state index contributed by atoms with van der Waals surface area (Å²) in [4.78, 5) is 17.4. The molecule has 1 aromatic rings. The van der Waals surface area contributed by atoms with Crippen molar-refractivity contribution >= 4 is 43.1 Å². The summed E-state index contributed by atoms with van der Waals surface area (Å²) in [6.45, 7) is 8.16. The first-order valence-corrected chi connectivity index (χ1v) is 9.99. The van der Waals surface area contributed by atoms with Gasteiger partial charge in [0.2, 0.25) is 5.91 Å². The van der Waals surface area contributed by atoms with Crippen molar-refractivity contribution in [3.05, 3.63) is 35.4 Å². The quantitative estimate of drug-likeness (QED) is 0.698. The van der Waals surface area contributed by atoms with Crippen LogP contribution in [0.4, 0.5) is 0 Å². The molecule has 0 bridgehead atoms. The van der Waals surface area contributed by atoms with Crippen LogP contribution in [0, 0.1) is 5.92 Å². The number of hydrogen-bond acceptors (Lipinski definition) is 4. The normalized spacial score (nSPS) is 25.1. The van der Waals surface area contributed by atoms with Crippen molar-refractivity contribution in [2.75, 3.05) is 33.2 Å². The Morgan fingerprint density at radius 1 is 1.07 bits per heavy atom. The number of carbonyl (C=O) groups excluding carboxylic acids is 1. The smallest absolute Gasteiger partial charge is 0.225 e. The molecular weight excluding hydrogens is 431 g/mol. The molecule has 1 aliphatic heterocycles. The molecule has 1 saturated carbocycles. The van der Waals surface area contributed by atoms with Gasteiger partial charge in [-0.25, -0.2) is 0 Å². The van der Waals surface area contributed by atoms with E-state index in [4.69, 9.17) is 5.73 Å².